The number of halogens is 5. The highest BCUT2D eigenvalue weighted by Gasteiger charge is 2.78. The van der Waals surface area contributed by atoms with Crippen LogP contribution in [0.15, 0.2) is 12.1 Å². The first kappa shape index (κ1) is 23.0. The van der Waals surface area contributed by atoms with Gasteiger partial charge in [0, 0.05) is 20.8 Å². The lowest BCUT2D eigenvalue weighted by molar-refractivity contribution is -0.198. The molecule has 28 heavy (non-hydrogen) atoms. The van der Waals surface area contributed by atoms with Crippen LogP contribution in [0, 0.1) is 17.5 Å². The maximum absolute atomic E-state index is 14.6. The van der Waals surface area contributed by atoms with Gasteiger partial charge >= 0.3 is 20.5 Å². The Morgan fingerprint density at radius 2 is 1.25 bits per heavy atom. The van der Waals surface area contributed by atoms with E-state index in [9.17, 15) is 41.1 Å². The summed E-state index contributed by atoms with van der Waals surface area (Å²) >= 11 is 0. The molecule has 0 aliphatic carbocycles. The minimum Gasteiger partial charge on any atom is -0.450 e. The number of hydrogen-bond acceptors (Lipinski definition) is 8. The number of benzene rings is 1. The van der Waals surface area contributed by atoms with Gasteiger partial charge in [0.25, 0.3) is 17.9 Å². The van der Waals surface area contributed by atoms with Gasteiger partial charge in [-0.1, -0.05) is 0 Å². The average molecular weight is 430 g/mol. The molecular weight excluding hydrogens is 419 g/mol. The van der Waals surface area contributed by atoms with Gasteiger partial charge in [-0.25, -0.2) is 18.0 Å². The van der Waals surface area contributed by atoms with Crippen molar-refractivity contribution >= 4 is 32.7 Å². The second-order valence-electron chi connectivity index (χ2n) is 4.97. The molecule has 0 saturated heterocycles. The van der Waals surface area contributed by atoms with Gasteiger partial charge in [0.15, 0.2) is 17.5 Å². The summed E-state index contributed by atoms with van der Waals surface area (Å²) in [5.74, 6) is -12.8. The quantitative estimate of drug-likeness (QED) is 0.292. The highest BCUT2D eigenvalue weighted by atomic mass is 28.4. The molecule has 1 rings (SSSR count). The minimum atomic E-state index is -6.07. The number of hydrogen-bond donors (Lipinski definition) is 0. The van der Waals surface area contributed by atoms with Crippen LogP contribution in [0.5, 0.6) is 0 Å². The van der Waals surface area contributed by atoms with E-state index in [-0.39, 0.29) is 6.07 Å². The van der Waals surface area contributed by atoms with E-state index >= 15 is 0 Å². The van der Waals surface area contributed by atoms with E-state index in [1.54, 1.807) is 0 Å². The molecule has 0 amide bonds. The van der Waals surface area contributed by atoms with Crippen molar-refractivity contribution in [2.24, 2.45) is 0 Å². The lowest BCUT2D eigenvalue weighted by Gasteiger charge is -2.30. The summed E-state index contributed by atoms with van der Waals surface area (Å²) in [5.41, 5.74) is -6.57. The molecule has 14 heteroatoms. The summed E-state index contributed by atoms with van der Waals surface area (Å²) in [6.07, 6.45) is 0. The van der Waals surface area contributed by atoms with Gasteiger partial charge in [-0.15, -0.1) is 0 Å². The lowest BCUT2D eigenvalue weighted by atomic mass is 10.2. The van der Waals surface area contributed by atoms with Crippen molar-refractivity contribution in [2.45, 2.75) is 26.5 Å². The summed E-state index contributed by atoms with van der Waals surface area (Å²) in [7, 11) is -6.07. The maximum Gasteiger partial charge on any atom is 0.826 e. The van der Waals surface area contributed by atoms with Crippen molar-refractivity contribution in [1.29, 1.82) is 0 Å². The van der Waals surface area contributed by atoms with Crippen molar-refractivity contribution in [3.8, 4) is 0 Å². The Labute approximate surface area is 154 Å². The molecule has 8 nitrogen and oxygen atoms in total. The number of rotatable bonds is 6. The van der Waals surface area contributed by atoms with Crippen LogP contribution in [0.4, 0.5) is 22.0 Å². The van der Waals surface area contributed by atoms with Crippen LogP contribution in [0.25, 0.3) is 0 Å². The molecule has 0 fully saturated rings. The maximum atomic E-state index is 14.6. The number of esters is 1. The Morgan fingerprint density at radius 1 is 0.821 bits per heavy atom. The molecule has 0 saturated carbocycles. The van der Waals surface area contributed by atoms with Crippen LogP contribution in [-0.2, 0) is 32.4 Å². The summed E-state index contributed by atoms with van der Waals surface area (Å²) in [6.45, 7) is 1.75. The monoisotopic (exact) mass is 430 g/mol. The third-order valence-corrected chi connectivity index (χ3v) is 5.15. The van der Waals surface area contributed by atoms with Crippen molar-refractivity contribution in [3.63, 3.8) is 0 Å². The van der Waals surface area contributed by atoms with E-state index in [0.717, 1.165) is 0 Å². The largest absolute Gasteiger partial charge is 0.826 e. The van der Waals surface area contributed by atoms with Gasteiger partial charge in [-0.3, -0.25) is 14.4 Å². The molecule has 0 N–H and O–H groups in total. The molecule has 0 aliphatic heterocycles. The first-order valence-electron chi connectivity index (χ1n) is 7.06. The van der Waals surface area contributed by atoms with Crippen LogP contribution in [0.3, 0.4) is 0 Å². The van der Waals surface area contributed by atoms with E-state index in [1.165, 1.54) is 0 Å². The zero-order chi connectivity index (χ0) is 21.9. The van der Waals surface area contributed by atoms with E-state index in [2.05, 4.69) is 18.0 Å². The van der Waals surface area contributed by atoms with Gasteiger partial charge in [-0.05, 0) is 12.1 Å². The Balaban J connectivity index is 3.40. The lowest BCUT2D eigenvalue weighted by Crippen LogP contribution is -2.64. The zero-order valence-electron chi connectivity index (χ0n) is 14.3. The Hall–Kier alpha value is -3.03. The first-order valence-corrected chi connectivity index (χ1v) is 8.78. The third kappa shape index (κ3) is 5.02. The molecule has 0 heterocycles. The van der Waals surface area contributed by atoms with Gasteiger partial charge in [0.2, 0.25) is 0 Å². The standard InChI is InChI=1S/C14H11F5O8Si/c1-6(20)25-28(26-7(2)21,27-8(3)22)14(18,19)24-13(23)9-4-5-10(15)12(17)11(9)16/h4-5H,1-3H3. The molecule has 154 valence electrons. The summed E-state index contributed by atoms with van der Waals surface area (Å²) in [6, 6.07) is 0.543. The molecule has 0 spiro atoms. The van der Waals surface area contributed by atoms with Crippen molar-refractivity contribution < 1.29 is 59.1 Å². The second-order valence-corrected chi connectivity index (χ2v) is 7.27. The number of carbonyl (C=O) groups is 4. The van der Waals surface area contributed by atoms with Crippen molar-refractivity contribution in [3.05, 3.63) is 35.1 Å². The molecular formula is C14H11F5O8Si. The topological polar surface area (TPSA) is 105 Å². The van der Waals surface area contributed by atoms with Crippen LogP contribution in [0.2, 0.25) is 0 Å². The Kier molecular flexibility index (Phi) is 6.84. The second kappa shape index (κ2) is 8.33. The SMILES string of the molecule is CC(=O)O[Si](OC(C)=O)(OC(C)=O)C(F)(F)OC(=O)c1ccc(F)c(F)c1F. The minimum absolute atomic E-state index is 0.252. The number of ether oxygens (including phenoxy) is 1. The van der Waals surface area contributed by atoms with Crippen LogP contribution in [-0.4, -0.2) is 38.4 Å². The molecule has 0 radical (unpaired) electrons. The average Bonchev–Trinajstić information content (AvgIpc) is 2.49. The Bertz CT molecular complexity index is 787. The predicted octanol–water partition coefficient (Wildman–Crippen LogP) is 2.02. The highest BCUT2D eigenvalue weighted by Crippen LogP contribution is 2.34. The molecule has 0 aromatic heterocycles. The van der Waals surface area contributed by atoms with Gasteiger partial charge in [-0.2, -0.15) is 8.78 Å². The molecule has 1 aromatic rings. The molecule has 0 unspecified atom stereocenters. The van der Waals surface area contributed by atoms with Crippen LogP contribution in [0.1, 0.15) is 31.1 Å². The smallest absolute Gasteiger partial charge is 0.450 e. The fourth-order valence-electron chi connectivity index (χ4n) is 1.73. The fraction of sp³-hybridized carbons (Fsp3) is 0.286. The molecule has 0 atom stereocenters. The van der Waals surface area contributed by atoms with Crippen LogP contribution >= 0.6 is 0 Å². The van der Waals surface area contributed by atoms with Gasteiger partial charge < -0.3 is 18.0 Å². The molecule has 0 aliphatic rings. The van der Waals surface area contributed by atoms with Gasteiger partial charge in [0.1, 0.15) is 0 Å². The third-order valence-electron chi connectivity index (χ3n) is 2.67. The molecule has 1 aromatic carbocycles. The van der Waals surface area contributed by atoms with E-state index in [1.807, 2.05) is 0 Å². The highest BCUT2D eigenvalue weighted by molar-refractivity contribution is 6.67. The zero-order valence-corrected chi connectivity index (χ0v) is 15.3. The first-order chi connectivity index (χ1) is 12.7. The summed E-state index contributed by atoms with van der Waals surface area (Å²) in [5, 5.41) is 0. The summed E-state index contributed by atoms with van der Waals surface area (Å²) in [4.78, 5) is 45.3. The summed E-state index contributed by atoms with van der Waals surface area (Å²) < 4.78 is 85.1. The van der Waals surface area contributed by atoms with E-state index in [0.29, 0.717) is 26.8 Å². The van der Waals surface area contributed by atoms with Crippen LogP contribution < -0.4 is 0 Å². The Morgan fingerprint density at radius 3 is 1.64 bits per heavy atom. The number of alkyl halides is 2. The normalized spacial score (nSPS) is 11.4. The number of carbonyl (C=O) groups excluding carboxylic acids is 4. The fourth-order valence-corrected chi connectivity index (χ4v) is 3.56. The van der Waals surface area contributed by atoms with E-state index in [4.69, 9.17) is 0 Å². The van der Waals surface area contributed by atoms with E-state index < -0.39 is 61.4 Å². The van der Waals surface area contributed by atoms with Crippen molar-refractivity contribution in [2.75, 3.05) is 0 Å². The van der Waals surface area contributed by atoms with Crippen molar-refractivity contribution in [1.82, 2.24) is 0 Å². The predicted molar refractivity (Wildman–Crippen MR) is 77.7 cm³/mol. The molecule has 0 bridgehead atoms. The van der Waals surface area contributed by atoms with Gasteiger partial charge in [0.05, 0.1) is 5.56 Å².